The van der Waals surface area contributed by atoms with Crippen LogP contribution in [-0.2, 0) is 9.47 Å². The first-order valence-electron chi connectivity index (χ1n) is 8.37. The summed E-state index contributed by atoms with van der Waals surface area (Å²) in [6.07, 6.45) is 0.939. The normalized spacial score (nSPS) is 14.6. The standard InChI is InChI=1S/C18H24N4O2/c1-23-11-5-8-19-16-14-17(22-9-12-24-13-10-22)21-18(20-16)15-6-3-2-4-7-15/h2-4,6-7,14H,5,8-13H2,1H3,(H,19,20,21). The van der Waals surface area contributed by atoms with Crippen LogP contribution in [0, 0.1) is 0 Å². The third-order valence-electron chi connectivity index (χ3n) is 3.91. The largest absolute Gasteiger partial charge is 0.385 e. The number of nitrogens with one attached hydrogen (secondary N) is 1. The van der Waals surface area contributed by atoms with E-state index >= 15 is 0 Å². The van der Waals surface area contributed by atoms with Crippen molar-refractivity contribution in [3.63, 3.8) is 0 Å². The van der Waals surface area contributed by atoms with E-state index in [0.717, 1.165) is 68.9 Å². The van der Waals surface area contributed by atoms with Gasteiger partial charge in [-0.1, -0.05) is 30.3 Å². The Labute approximate surface area is 142 Å². The highest BCUT2D eigenvalue weighted by molar-refractivity contribution is 5.61. The van der Waals surface area contributed by atoms with Gasteiger partial charge in [-0.25, -0.2) is 9.97 Å². The molecule has 6 heteroatoms. The molecular formula is C18H24N4O2. The van der Waals surface area contributed by atoms with Crippen LogP contribution in [0.25, 0.3) is 11.4 Å². The van der Waals surface area contributed by atoms with E-state index in [2.05, 4.69) is 15.2 Å². The zero-order valence-corrected chi connectivity index (χ0v) is 14.1. The lowest BCUT2D eigenvalue weighted by Crippen LogP contribution is -2.36. The molecule has 1 aromatic carbocycles. The second-order valence-electron chi connectivity index (χ2n) is 5.67. The predicted octanol–water partition coefficient (Wildman–Crippen LogP) is 2.43. The molecule has 128 valence electrons. The molecule has 24 heavy (non-hydrogen) atoms. The Balaban J connectivity index is 1.84. The Kier molecular flexibility index (Phi) is 5.98. The van der Waals surface area contributed by atoms with Gasteiger partial charge in [-0.15, -0.1) is 0 Å². The van der Waals surface area contributed by atoms with Crippen LogP contribution >= 0.6 is 0 Å². The zero-order valence-electron chi connectivity index (χ0n) is 14.1. The number of nitrogens with zero attached hydrogens (tertiary/aromatic N) is 3. The summed E-state index contributed by atoms with van der Waals surface area (Å²) < 4.78 is 10.5. The van der Waals surface area contributed by atoms with Gasteiger partial charge in [0.2, 0.25) is 0 Å². The summed E-state index contributed by atoms with van der Waals surface area (Å²) in [4.78, 5) is 11.7. The smallest absolute Gasteiger partial charge is 0.163 e. The zero-order chi connectivity index (χ0) is 16.6. The Morgan fingerprint density at radius 2 is 1.96 bits per heavy atom. The van der Waals surface area contributed by atoms with Crippen molar-refractivity contribution in [2.24, 2.45) is 0 Å². The molecule has 1 aromatic heterocycles. The van der Waals surface area contributed by atoms with Gasteiger partial charge in [0.25, 0.3) is 0 Å². The van der Waals surface area contributed by atoms with Crippen LogP contribution in [0.15, 0.2) is 36.4 Å². The van der Waals surface area contributed by atoms with Gasteiger partial charge in [0.05, 0.1) is 13.2 Å². The third-order valence-corrected chi connectivity index (χ3v) is 3.91. The van der Waals surface area contributed by atoms with Crippen LogP contribution in [0.2, 0.25) is 0 Å². The first kappa shape index (κ1) is 16.7. The number of benzene rings is 1. The quantitative estimate of drug-likeness (QED) is 0.788. The number of hydrogen-bond donors (Lipinski definition) is 1. The minimum Gasteiger partial charge on any atom is -0.385 e. The highest BCUT2D eigenvalue weighted by Crippen LogP contribution is 2.23. The molecule has 1 N–H and O–H groups in total. The molecular weight excluding hydrogens is 304 g/mol. The van der Waals surface area contributed by atoms with Crippen molar-refractivity contribution >= 4 is 11.6 Å². The number of methoxy groups -OCH3 is 1. The fourth-order valence-corrected chi connectivity index (χ4v) is 2.63. The molecule has 6 nitrogen and oxygen atoms in total. The lowest BCUT2D eigenvalue weighted by molar-refractivity contribution is 0.122. The van der Waals surface area contributed by atoms with Gasteiger partial charge in [0.1, 0.15) is 11.6 Å². The third kappa shape index (κ3) is 4.43. The van der Waals surface area contributed by atoms with Crippen LogP contribution < -0.4 is 10.2 Å². The molecule has 2 heterocycles. The Hall–Kier alpha value is -2.18. The number of hydrogen-bond acceptors (Lipinski definition) is 6. The number of morpholine rings is 1. The van der Waals surface area contributed by atoms with Crippen LogP contribution in [0.3, 0.4) is 0 Å². The molecule has 0 atom stereocenters. The Morgan fingerprint density at radius 1 is 1.17 bits per heavy atom. The highest BCUT2D eigenvalue weighted by atomic mass is 16.5. The van der Waals surface area contributed by atoms with Crippen LogP contribution in [0.1, 0.15) is 6.42 Å². The summed E-state index contributed by atoms with van der Waals surface area (Å²) in [7, 11) is 1.72. The van der Waals surface area contributed by atoms with E-state index in [0.29, 0.717) is 0 Å². The van der Waals surface area contributed by atoms with E-state index in [-0.39, 0.29) is 0 Å². The maximum atomic E-state index is 5.44. The molecule has 0 radical (unpaired) electrons. The molecule has 0 bridgehead atoms. The van der Waals surface area contributed by atoms with Gasteiger partial charge in [0, 0.05) is 45.0 Å². The van der Waals surface area contributed by atoms with Crippen molar-refractivity contribution in [3.8, 4) is 11.4 Å². The van der Waals surface area contributed by atoms with Crippen molar-refractivity contribution in [1.82, 2.24) is 9.97 Å². The average Bonchev–Trinajstić information content (AvgIpc) is 2.66. The van der Waals surface area contributed by atoms with Crippen molar-refractivity contribution in [2.45, 2.75) is 6.42 Å². The number of ether oxygens (including phenoxy) is 2. The number of rotatable bonds is 7. The molecule has 1 aliphatic rings. The topological polar surface area (TPSA) is 59.5 Å². The number of anilines is 2. The van der Waals surface area contributed by atoms with E-state index < -0.39 is 0 Å². The first-order chi connectivity index (χ1) is 11.9. The minimum atomic E-state index is 0.736. The Bertz CT molecular complexity index is 630. The molecule has 1 saturated heterocycles. The minimum absolute atomic E-state index is 0.736. The summed E-state index contributed by atoms with van der Waals surface area (Å²) in [5.41, 5.74) is 1.02. The SMILES string of the molecule is COCCCNc1cc(N2CCOCC2)nc(-c2ccccc2)n1. The lowest BCUT2D eigenvalue weighted by atomic mass is 10.2. The summed E-state index contributed by atoms with van der Waals surface area (Å²) in [6, 6.07) is 12.1. The monoisotopic (exact) mass is 328 g/mol. The summed E-state index contributed by atoms with van der Waals surface area (Å²) in [5, 5.41) is 3.38. The molecule has 1 aliphatic heterocycles. The van der Waals surface area contributed by atoms with Gasteiger partial charge in [-0.3, -0.25) is 0 Å². The second kappa shape index (κ2) is 8.61. The van der Waals surface area contributed by atoms with Crippen LogP contribution in [0.5, 0.6) is 0 Å². The van der Waals surface area contributed by atoms with E-state index in [4.69, 9.17) is 14.5 Å². The van der Waals surface area contributed by atoms with E-state index in [1.54, 1.807) is 7.11 Å². The molecule has 0 saturated carbocycles. The predicted molar refractivity (Wildman–Crippen MR) is 95.5 cm³/mol. The van der Waals surface area contributed by atoms with Gasteiger partial charge in [-0.05, 0) is 6.42 Å². The first-order valence-corrected chi connectivity index (χ1v) is 8.37. The van der Waals surface area contributed by atoms with E-state index in [1.165, 1.54) is 0 Å². The molecule has 0 unspecified atom stereocenters. The molecule has 0 spiro atoms. The van der Waals surface area contributed by atoms with Gasteiger partial charge in [0.15, 0.2) is 5.82 Å². The summed E-state index contributed by atoms with van der Waals surface area (Å²) in [6.45, 7) is 4.74. The molecule has 3 rings (SSSR count). The van der Waals surface area contributed by atoms with Crippen molar-refractivity contribution in [3.05, 3.63) is 36.4 Å². The van der Waals surface area contributed by atoms with Gasteiger partial charge in [-0.2, -0.15) is 0 Å². The maximum absolute atomic E-state index is 5.44. The fraction of sp³-hybridized carbons (Fsp3) is 0.444. The molecule has 0 aliphatic carbocycles. The maximum Gasteiger partial charge on any atom is 0.163 e. The molecule has 0 amide bonds. The summed E-state index contributed by atoms with van der Waals surface area (Å²) >= 11 is 0. The van der Waals surface area contributed by atoms with E-state index in [1.807, 2.05) is 36.4 Å². The van der Waals surface area contributed by atoms with E-state index in [9.17, 15) is 0 Å². The Morgan fingerprint density at radius 3 is 2.71 bits per heavy atom. The fourth-order valence-electron chi connectivity index (χ4n) is 2.63. The summed E-state index contributed by atoms with van der Waals surface area (Å²) in [5.74, 6) is 2.54. The van der Waals surface area contributed by atoms with Gasteiger partial charge >= 0.3 is 0 Å². The van der Waals surface area contributed by atoms with Crippen molar-refractivity contribution < 1.29 is 9.47 Å². The van der Waals surface area contributed by atoms with Gasteiger partial charge < -0.3 is 19.7 Å². The van der Waals surface area contributed by atoms with Crippen molar-refractivity contribution in [1.29, 1.82) is 0 Å². The van der Waals surface area contributed by atoms with Crippen molar-refractivity contribution in [2.75, 3.05) is 56.8 Å². The lowest BCUT2D eigenvalue weighted by Gasteiger charge is -2.28. The van der Waals surface area contributed by atoms with Crippen LogP contribution in [0.4, 0.5) is 11.6 Å². The molecule has 2 aromatic rings. The molecule has 1 fully saturated rings. The van der Waals surface area contributed by atoms with Crippen LogP contribution in [-0.4, -0.2) is 56.5 Å². The average molecular weight is 328 g/mol. The second-order valence-corrected chi connectivity index (χ2v) is 5.67. The number of aromatic nitrogens is 2. The highest BCUT2D eigenvalue weighted by Gasteiger charge is 2.15.